The molecule has 0 radical (unpaired) electrons. The Morgan fingerprint density at radius 1 is 1.00 bits per heavy atom. The van der Waals surface area contributed by atoms with Gasteiger partial charge in [0.25, 0.3) is 5.91 Å². The van der Waals surface area contributed by atoms with Crippen molar-refractivity contribution in [2.45, 2.75) is 49.8 Å². The van der Waals surface area contributed by atoms with E-state index in [-0.39, 0.29) is 35.6 Å². The number of hydrogen-bond acceptors (Lipinski definition) is 4. The van der Waals surface area contributed by atoms with Gasteiger partial charge < -0.3 is 9.47 Å². The molecule has 37 heavy (non-hydrogen) atoms. The number of carbonyl (C=O) groups excluding carboxylic acids is 1. The fraction of sp³-hybridized carbons (Fsp3) is 0.241. The van der Waals surface area contributed by atoms with Gasteiger partial charge in [0.1, 0.15) is 5.82 Å². The molecule has 5 rings (SSSR count). The van der Waals surface area contributed by atoms with Crippen molar-refractivity contribution in [1.29, 1.82) is 0 Å². The second kappa shape index (κ2) is 10.3. The summed E-state index contributed by atoms with van der Waals surface area (Å²) in [6.07, 6.45) is 3.18. The number of nitrogens with zero attached hydrogens (tertiary/aromatic N) is 3. The number of carbonyl (C=O) groups is 1. The number of imidazole rings is 1. The zero-order valence-corrected chi connectivity index (χ0v) is 21.4. The lowest BCUT2D eigenvalue weighted by Gasteiger charge is -2.24. The molecule has 1 aliphatic carbocycles. The van der Waals surface area contributed by atoms with Gasteiger partial charge in [-0.2, -0.15) is 0 Å². The van der Waals surface area contributed by atoms with Crippen molar-refractivity contribution < 1.29 is 17.6 Å². The molecule has 0 bridgehead atoms. The van der Waals surface area contributed by atoms with Crippen molar-refractivity contribution >= 4 is 15.7 Å². The summed E-state index contributed by atoms with van der Waals surface area (Å²) in [5, 5.41) is -0.0382. The molecule has 1 amide bonds. The van der Waals surface area contributed by atoms with E-state index in [9.17, 15) is 17.6 Å². The zero-order valence-electron chi connectivity index (χ0n) is 20.5. The summed E-state index contributed by atoms with van der Waals surface area (Å²) in [6.45, 7) is 2.30. The highest BCUT2D eigenvalue weighted by atomic mass is 32.2. The smallest absolute Gasteiger partial charge is 0.257 e. The van der Waals surface area contributed by atoms with Crippen molar-refractivity contribution in [3.8, 4) is 0 Å². The van der Waals surface area contributed by atoms with Crippen LogP contribution in [0.15, 0.2) is 90.2 Å². The van der Waals surface area contributed by atoms with Gasteiger partial charge in [-0.3, -0.25) is 4.79 Å². The Morgan fingerprint density at radius 3 is 2.38 bits per heavy atom. The second-order valence-electron chi connectivity index (χ2n) is 9.43. The molecule has 0 atom stereocenters. The van der Waals surface area contributed by atoms with Gasteiger partial charge in [0.2, 0.25) is 15.0 Å². The molecule has 1 aromatic heterocycles. The number of halogens is 1. The summed E-state index contributed by atoms with van der Waals surface area (Å²) in [6, 6.07) is 22.8. The quantitative estimate of drug-likeness (QED) is 0.308. The van der Waals surface area contributed by atoms with Crippen LogP contribution in [-0.2, 0) is 28.7 Å². The maximum atomic E-state index is 14.4. The summed E-state index contributed by atoms with van der Waals surface area (Å²) in [7, 11) is -3.80. The van der Waals surface area contributed by atoms with Crippen LogP contribution < -0.4 is 0 Å². The summed E-state index contributed by atoms with van der Waals surface area (Å²) < 4.78 is 43.3. The van der Waals surface area contributed by atoms with Gasteiger partial charge in [-0.25, -0.2) is 17.8 Å². The van der Waals surface area contributed by atoms with Crippen molar-refractivity contribution in [2.24, 2.45) is 0 Å². The van der Waals surface area contributed by atoms with Crippen LogP contribution in [-0.4, -0.2) is 34.8 Å². The summed E-state index contributed by atoms with van der Waals surface area (Å²) in [4.78, 5) is 19.3. The fourth-order valence-corrected chi connectivity index (χ4v) is 6.05. The molecule has 0 unspecified atom stereocenters. The normalized spacial score (nSPS) is 13.5. The number of amides is 1. The Balaban J connectivity index is 1.52. The van der Waals surface area contributed by atoms with E-state index in [4.69, 9.17) is 0 Å². The van der Waals surface area contributed by atoms with Gasteiger partial charge >= 0.3 is 0 Å². The Labute approximate surface area is 216 Å². The van der Waals surface area contributed by atoms with Crippen LogP contribution in [0.3, 0.4) is 0 Å². The van der Waals surface area contributed by atoms with Crippen LogP contribution in [0.1, 0.15) is 45.6 Å². The average Bonchev–Trinajstić information content (AvgIpc) is 3.65. The van der Waals surface area contributed by atoms with Crippen LogP contribution in [0.25, 0.3) is 0 Å². The molecular weight excluding hydrogens is 489 g/mol. The minimum Gasteiger partial charge on any atom is -0.330 e. The van der Waals surface area contributed by atoms with Crippen molar-refractivity contribution in [3.63, 3.8) is 0 Å². The molecule has 1 fully saturated rings. The van der Waals surface area contributed by atoms with Gasteiger partial charge in [0.05, 0.1) is 36.3 Å². The largest absolute Gasteiger partial charge is 0.330 e. The zero-order chi connectivity index (χ0) is 26.0. The lowest BCUT2D eigenvalue weighted by molar-refractivity contribution is 0.0721. The van der Waals surface area contributed by atoms with Crippen LogP contribution >= 0.6 is 0 Å². The Kier molecular flexibility index (Phi) is 6.93. The topological polar surface area (TPSA) is 72.3 Å². The van der Waals surface area contributed by atoms with Gasteiger partial charge in [0, 0.05) is 6.04 Å². The first-order valence-electron chi connectivity index (χ1n) is 12.2. The van der Waals surface area contributed by atoms with E-state index < -0.39 is 21.6 Å². The van der Waals surface area contributed by atoms with Crippen LogP contribution in [0.2, 0.25) is 0 Å². The first-order chi connectivity index (χ1) is 17.8. The molecule has 0 spiro atoms. The number of hydrogen-bond donors (Lipinski definition) is 0. The van der Waals surface area contributed by atoms with E-state index in [0.717, 1.165) is 24.0 Å². The highest BCUT2D eigenvalue weighted by Crippen LogP contribution is 2.31. The Morgan fingerprint density at radius 2 is 1.68 bits per heavy atom. The first kappa shape index (κ1) is 24.9. The molecular formula is C29H28FN3O3S. The second-order valence-corrected chi connectivity index (χ2v) is 11.3. The van der Waals surface area contributed by atoms with E-state index in [2.05, 4.69) is 4.98 Å². The van der Waals surface area contributed by atoms with Crippen molar-refractivity contribution in [3.05, 3.63) is 119 Å². The highest BCUT2D eigenvalue weighted by molar-refractivity contribution is 7.90. The number of aromatic nitrogens is 2. The molecule has 1 aliphatic rings. The lowest BCUT2D eigenvalue weighted by Crippen LogP contribution is -2.34. The number of benzene rings is 3. The molecule has 1 heterocycles. The van der Waals surface area contributed by atoms with E-state index in [1.54, 1.807) is 27.7 Å². The van der Waals surface area contributed by atoms with Gasteiger partial charge in [0.15, 0.2) is 0 Å². The minimum absolute atomic E-state index is 0.0101. The lowest BCUT2D eigenvalue weighted by atomic mass is 10.1. The van der Waals surface area contributed by atoms with Crippen LogP contribution in [0, 0.1) is 12.7 Å². The van der Waals surface area contributed by atoms with Crippen LogP contribution in [0.5, 0.6) is 0 Å². The minimum atomic E-state index is -3.80. The first-order valence-corrected chi connectivity index (χ1v) is 13.9. The van der Waals surface area contributed by atoms with Gasteiger partial charge in [-0.15, -0.1) is 0 Å². The predicted octanol–water partition coefficient (Wildman–Crippen LogP) is 5.16. The average molecular weight is 518 g/mol. The molecule has 8 heteroatoms. The molecule has 6 nitrogen and oxygen atoms in total. The Hall–Kier alpha value is -3.78. The maximum Gasteiger partial charge on any atom is 0.257 e. The molecule has 1 saturated carbocycles. The number of rotatable bonds is 9. The van der Waals surface area contributed by atoms with E-state index in [1.165, 1.54) is 18.3 Å². The number of sulfone groups is 1. The van der Waals surface area contributed by atoms with E-state index >= 15 is 0 Å². The SMILES string of the molecule is Cc1ccccc1CS(=O)(=O)c1ncc(CN(C(=O)c2ccccc2F)C2CC2)n1Cc1ccccc1. The summed E-state index contributed by atoms with van der Waals surface area (Å²) in [5.41, 5.74) is 3.11. The van der Waals surface area contributed by atoms with E-state index in [0.29, 0.717) is 11.3 Å². The summed E-state index contributed by atoms with van der Waals surface area (Å²) >= 11 is 0. The molecule has 0 N–H and O–H groups in total. The third-order valence-corrected chi connectivity index (χ3v) is 8.23. The third kappa shape index (κ3) is 5.49. The maximum absolute atomic E-state index is 14.4. The van der Waals surface area contributed by atoms with E-state index in [1.807, 2.05) is 55.5 Å². The highest BCUT2D eigenvalue weighted by Gasteiger charge is 2.35. The predicted molar refractivity (Wildman–Crippen MR) is 139 cm³/mol. The Bertz CT molecular complexity index is 1530. The van der Waals surface area contributed by atoms with Crippen molar-refractivity contribution in [1.82, 2.24) is 14.5 Å². The molecule has 190 valence electrons. The van der Waals surface area contributed by atoms with Crippen LogP contribution in [0.4, 0.5) is 4.39 Å². The number of aryl methyl sites for hydroxylation is 1. The third-order valence-electron chi connectivity index (χ3n) is 6.66. The standard InChI is InChI=1S/C29H28FN3O3S/c1-21-9-5-6-12-23(21)20-37(35,36)29-31-17-25(33(29)18-22-10-3-2-4-11-22)19-32(24-15-16-24)28(34)26-13-7-8-14-27(26)30/h2-14,17,24H,15-16,18-20H2,1H3. The molecule has 0 saturated heterocycles. The molecule has 3 aromatic carbocycles. The molecule has 4 aromatic rings. The molecule has 0 aliphatic heterocycles. The van der Waals surface area contributed by atoms with Crippen molar-refractivity contribution in [2.75, 3.05) is 0 Å². The van der Waals surface area contributed by atoms with Gasteiger partial charge in [-0.1, -0.05) is 66.7 Å². The fourth-order valence-electron chi connectivity index (χ4n) is 4.46. The monoisotopic (exact) mass is 517 g/mol. The van der Waals surface area contributed by atoms with Gasteiger partial charge in [-0.05, 0) is 48.6 Å². The summed E-state index contributed by atoms with van der Waals surface area (Å²) in [5.74, 6) is -1.15.